The largest absolute Gasteiger partial charge is 0.494 e. The van der Waals surface area contributed by atoms with E-state index in [9.17, 15) is 4.79 Å². The monoisotopic (exact) mass is 359 g/mol. The fourth-order valence-corrected chi connectivity index (χ4v) is 2.99. The molecule has 0 radical (unpaired) electrons. The molecule has 1 saturated heterocycles. The lowest BCUT2D eigenvalue weighted by Gasteiger charge is -2.32. The lowest BCUT2D eigenvalue weighted by atomic mass is 9.79. The van der Waals surface area contributed by atoms with Gasteiger partial charge in [-0.05, 0) is 64.6 Å². The summed E-state index contributed by atoms with van der Waals surface area (Å²) in [7, 11) is -0.351. The van der Waals surface area contributed by atoms with E-state index in [0.29, 0.717) is 13.2 Å². The predicted octanol–water partition coefficient (Wildman–Crippen LogP) is 2.67. The maximum absolute atomic E-state index is 11.7. The van der Waals surface area contributed by atoms with E-state index in [1.807, 2.05) is 52.0 Å². The fourth-order valence-electron chi connectivity index (χ4n) is 2.99. The van der Waals surface area contributed by atoms with E-state index in [0.717, 1.165) is 30.5 Å². The van der Waals surface area contributed by atoms with Gasteiger partial charge in [0.2, 0.25) is 5.91 Å². The summed E-state index contributed by atoms with van der Waals surface area (Å²) in [6.07, 6.45) is 4.06. The van der Waals surface area contributed by atoms with Crippen molar-refractivity contribution in [2.75, 3.05) is 13.2 Å². The van der Waals surface area contributed by atoms with Gasteiger partial charge in [0.1, 0.15) is 5.75 Å². The predicted molar refractivity (Wildman–Crippen MR) is 103 cm³/mol. The number of carbonyl (C=O) groups excluding carboxylic acids is 1. The number of benzene rings is 1. The minimum Gasteiger partial charge on any atom is -0.494 e. The van der Waals surface area contributed by atoms with Crippen LogP contribution in [0.4, 0.5) is 0 Å². The van der Waals surface area contributed by atoms with Gasteiger partial charge >= 0.3 is 7.12 Å². The van der Waals surface area contributed by atoms with Crippen LogP contribution in [0.2, 0.25) is 0 Å². The second-order valence-corrected chi connectivity index (χ2v) is 8.28. The van der Waals surface area contributed by atoms with Crippen molar-refractivity contribution in [2.24, 2.45) is 5.92 Å². The highest BCUT2D eigenvalue weighted by molar-refractivity contribution is 6.62. The highest BCUT2D eigenvalue weighted by Crippen LogP contribution is 2.36. The summed E-state index contributed by atoms with van der Waals surface area (Å²) in [5.41, 5.74) is 0.316. The molecule has 1 aromatic rings. The first kappa shape index (κ1) is 19.2. The summed E-state index contributed by atoms with van der Waals surface area (Å²) in [6.45, 7) is 9.45. The molecule has 1 heterocycles. The molecule has 1 aliphatic heterocycles. The SMILES string of the molecule is CC1(C)OB(c2ccc(OCCCNC(=O)C3CCC3)cc2)OC1(C)C. The third-order valence-electron chi connectivity index (χ3n) is 5.77. The molecule has 0 spiro atoms. The van der Waals surface area contributed by atoms with E-state index in [2.05, 4.69) is 5.32 Å². The molecule has 0 aromatic heterocycles. The van der Waals surface area contributed by atoms with Gasteiger partial charge in [0.05, 0.1) is 17.8 Å². The molecular weight excluding hydrogens is 329 g/mol. The van der Waals surface area contributed by atoms with Gasteiger partial charge in [-0.3, -0.25) is 4.79 Å². The van der Waals surface area contributed by atoms with Gasteiger partial charge in [-0.2, -0.15) is 0 Å². The Morgan fingerprint density at radius 1 is 1.15 bits per heavy atom. The minimum atomic E-state index is -0.351. The Balaban J connectivity index is 1.40. The normalized spacial score (nSPS) is 21.3. The summed E-state index contributed by atoms with van der Waals surface area (Å²) < 4.78 is 17.9. The molecule has 2 fully saturated rings. The molecule has 1 aliphatic carbocycles. The molecule has 3 rings (SSSR count). The molecule has 0 bridgehead atoms. The zero-order valence-corrected chi connectivity index (χ0v) is 16.3. The van der Waals surface area contributed by atoms with E-state index in [-0.39, 0.29) is 30.1 Å². The Labute approximate surface area is 156 Å². The first-order valence-electron chi connectivity index (χ1n) is 9.65. The quantitative estimate of drug-likeness (QED) is 0.601. The number of ether oxygens (including phenoxy) is 1. The van der Waals surface area contributed by atoms with Crippen molar-refractivity contribution in [1.82, 2.24) is 5.32 Å². The summed E-state index contributed by atoms with van der Waals surface area (Å²) in [6, 6.07) is 7.84. The lowest BCUT2D eigenvalue weighted by Crippen LogP contribution is -2.41. The standard InChI is InChI=1S/C20H30BNO4/c1-19(2)20(3,4)26-21(25-19)16-9-11-17(12-10-16)24-14-6-13-22-18(23)15-7-5-8-15/h9-12,15H,5-8,13-14H2,1-4H3,(H,22,23). The van der Waals surface area contributed by atoms with E-state index in [1.54, 1.807) is 0 Å². The average Bonchev–Trinajstić information content (AvgIpc) is 2.74. The molecule has 0 atom stereocenters. The van der Waals surface area contributed by atoms with E-state index in [1.165, 1.54) is 6.42 Å². The van der Waals surface area contributed by atoms with Gasteiger partial charge in [-0.15, -0.1) is 0 Å². The molecule has 2 aliphatic rings. The highest BCUT2D eigenvalue weighted by atomic mass is 16.7. The zero-order chi connectivity index (χ0) is 18.8. The van der Waals surface area contributed by atoms with E-state index < -0.39 is 0 Å². The maximum Gasteiger partial charge on any atom is 0.494 e. The lowest BCUT2D eigenvalue weighted by molar-refractivity contribution is -0.127. The van der Waals surface area contributed by atoms with Crippen LogP contribution in [0.3, 0.4) is 0 Å². The maximum atomic E-state index is 11.7. The van der Waals surface area contributed by atoms with Crippen LogP contribution in [0.15, 0.2) is 24.3 Å². The first-order valence-corrected chi connectivity index (χ1v) is 9.65. The van der Waals surface area contributed by atoms with E-state index >= 15 is 0 Å². The third kappa shape index (κ3) is 4.23. The van der Waals surface area contributed by atoms with Crippen LogP contribution in [0.1, 0.15) is 53.4 Å². The minimum absolute atomic E-state index is 0.197. The molecule has 6 heteroatoms. The Bertz CT molecular complexity index is 609. The topological polar surface area (TPSA) is 56.8 Å². The van der Waals surface area contributed by atoms with Gasteiger partial charge in [0.15, 0.2) is 0 Å². The van der Waals surface area contributed by atoms with Gasteiger partial charge in [-0.25, -0.2) is 0 Å². The second kappa shape index (κ2) is 7.61. The smallest absolute Gasteiger partial charge is 0.494 e. The van der Waals surface area contributed by atoms with Crippen LogP contribution in [0, 0.1) is 5.92 Å². The molecule has 0 unspecified atom stereocenters. The Morgan fingerprint density at radius 3 is 2.31 bits per heavy atom. The number of rotatable bonds is 7. The third-order valence-corrected chi connectivity index (χ3v) is 5.77. The highest BCUT2D eigenvalue weighted by Gasteiger charge is 2.51. The summed E-state index contributed by atoms with van der Waals surface area (Å²) in [5, 5.41) is 2.98. The number of amides is 1. The molecule has 1 amide bonds. The fraction of sp³-hybridized carbons (Fsp3) is 0.650. The van der Waals surface area contributed by atoms with Crippen LogP contribution in [0.5, 0.6) is 5.75 Å². The van der Waals surface area contributed by atoms with Crippen LogP contribution in [-0.2, 0) is 14.1 Å². The van der Waals surface area contributed by atoms with Crippen LogP contribution >= 0.6 is 0 Å². The number of nitrogens with one attached hydrogen (secondary N) is 1. The van der Waals surface area contributed by atoms with Gasteiger partial charge < -0.3 is 19.4 Å². The molecular formula is C20H30BNO4. The van der Waals surface area contributed by atoms with Crippen molar-refractivity contribution in [3.63, 3.8) is 0 Å². The van der Waals surface area contributed by atoms with Gasteiger partial charge in [0.25, 0.3) is 0 Å². The molecule has 1 N–H and O–H groups in total. The Kier molecular flexibility index (Phi) is 5.63. The van der Waals surface area contributed by atoms with Gasteiger partial charge in [0, 0.05) is 12.5 Å². The first-order chi connectivity index (χ1) is 12.3. The van der Waals surface area contributed by atoms with Crippen molar-refractivity contribution in [2.45, 2.75) is 64.6 Å². The van der Waals surface area contributed by atoms with Crippen molar-refractivity contribution >= 4 is 18.5 Å². The summed E-state index contributed by atoms with van der Waals surface area (Å²) in [5.74, 6) is 1.26. The zero-order valence-electron chi connectivity index (χ0n) is 16.3. The summed E-state index contributed by atoms with van der Waals surface area (Å²) in [4.78, 5) is 11.7. The van der Waals surface area contributed by atoms with Crippen LogP contribution in [0.25, 0.3) is 0 Å². The molecule has 142 valence electrons. The van der Waals surface area contributed by atoms with E-state index in [4.69, 9.17) is 14.0 Å². The number of hydrogen-bond donors (Lipinski definition) is 1. The van der Waals surface area contributed by atoms with Crippen molar-refractivity contribution in [1.29, 1.82) is 0 Å². The van der Waals surface area contributed by atoms with Crippen molar-refractivity contribution < 1.29 is 18.8 Å². The molecule has 26 heavy (non-hydrogen) atoms. The average molecular weight is 359 g/mol. The number of carbonyl (C=O) groups is 1. The van der Waals surface area contributed by atoms with Crippen molar-refractivity contribution in [3.05, 3.63) is 24.3 Å². The van der Waals surface area contributed by atoms with Crippen LogP contribution in [-0.4, -0.2) is 37.4 Å². The van der Waals surface area contributed by atoms with Gasteiger partial charge in [-0.1, -0.05) is 18.6 Å². The molecule has 1 aromatic carbocycles. The molecule has 5 nitrogen and oxygen atoms in total. The van der Waals surface area contributed by atoms with Crippen molar-refractivity contribution in [3.8, 4) is 5.75 Å². The summed E-state index contributed by atoms with van der Waals surface area (Å²) >= 11 is 0. The second-order valence-electron chi connectivity index (χ2n) is 8.28. The Hall–Kier alpha value is -1.53. The molecule has 1 saturated carbocycles. The van der Waals surface area contributed by atoms with Crippen LogP contribution < -0.4 is 15.5 Å². The number of hydrogen-bond acceptors (Lipinski definition) is 4. The Morgan fingerprint density at radius 2 is 1.77 bits per heavy atom.